The van der Waals surface area contributed by atoms with Crippen LogP contribution < -0.4 is 5.32 Å². The summed E-state index contributed by atoms with van der Waals surface area (Å²) < 4.78 is 0. The molecule has 1 fully saturated rings. The Morgan fingerprint density at radius 1 is 1.32 bits per heavy atom. The van der Waals surface area contributed by atoms with E-state index in [0.29, 0.717) is 4.88 Å². The third-order valence-corrected chi connectivity index (χ3v) is 4.63. The fourth-order valence-electron chi connectivity index (χ4n) is 2.37. The van der Waals surface area contributed by atoms with Crippen LogP contribution in [0.4, 0.5) is 5.00 Å². The number of anilines is 1. The molecule has 2 rings (SSSR count). The number of thiophene rings is 1. The van der Waals surface area contributed by atoms with Gasteiger partial charge in [0.15, 0.2) is 0 Å². The summed E-state index contributed by atoms with van der Waals surface area (Å²) in [5, 5.41) is 3.73. The summed E-state index contributed by atoms with van der Waals surface area (Å²) >= 11 is 1.36. The molecule has 104 valence electrons. The molecule has 1 heterocycles. The van der Waals surface area contributed by atoms with Crippen molar-refractivity contribution in [2.24, 2.45) is 5.92 Å². The van der Waals surface area contributed by atoms with Crippen LogP contribution in [0.3, 0.4) is 0 Å². The molecule has 1 aliphatic carbocycles. The van der Waals surface area contributed by atoms with Crippen molar-refractivity contribution in [3.8, 4) is 0 Å². The maximum absolute atomic E-state index is 12.0. The number of nitrogens with one attached hydrogen (secondary N) is 1. The van der Waals surface area contributed by atoms with Gasteiger partial charge in [0.05, 0.1) is 9.88 Å². The zero-order valence-corrected chi connectivity index (χ0v) is 12.5. The molecule has 0 saturated heterocycles. The van der Waals surface area contributed by atoms with E-state index in [1.54, 1.807) is 19.0 Å². The molecule has 4 nitrogen and oxygen atoms in total. The van der Waals surface area contributed by atoms with Crippen molar-refractivity contribution in [1.82, 2.24) is 4.90 Å². The Hall–Kier alpha value is -1.36. The SMILES string of the molecule is Cc1cc(NC(=O)C2CCCC2)sc1C(=O)N(C)C. The number of carbonyl (C=O) groups is 2. The number of nitrogens with zero attached hydrogens (tertiary/aromatic N) is 1. The Balaban J connectivity index is 2.07. The van der Waals surface area contributed by atoms with Gasteiger partial charge in [-0.05, 0) is 31.4 Å². The normalized spacial score (nSPS) is 15.5. The summed E-state index contributed by atoms with van der Waals surface area (Å²) in [5.41, 5.74) is 0.922. The van der Waals surface area contributed by atoms with Gasteiger partial charge in [-0.25, -0.2) is 0 Å². The molecule has 0 unspecified atom stereocenters. The van der Waals surface area contributed by atoms with Crippen LogP contribution in [-0.2, 0) is 4.79 Å². The molecule has 0 aromatic carbocycles. The van der Waals surface area contributed by atoms with E-state index in [1.807, 2.05) is 13.0 Å². The lowest BCUT2D eigenvalue weighted by Crippen LogP contribution is -2.21. The van der Waals surface area contributed by atoms with Crippen LogP contribution in [0.5, 0.6) is 0 Å². The van der Waals surface area contributed by atoms with Gasteiger partial charge in [-0.1, -0.05) is 12.8 Å². The fraction of sp³-hybridized carbons (Fsp3) is 0.571. The summed E-state index contributed by atoms with van der Waals surface area (Å²) in [6.45, 7) is 1.90. The first-order valence-electron chi connectivity index (χ1n) is 6.62. The zero-order valence-electron chi connectivity index (χ0n) is 11.7. The molecule has 1 N–H and O–H groups in total. The van der Waals surface area contributed by atoms with Crippen LogP contribution in [0, 0.1) is 12.8 Å². The van der Waals surface area contributed by atoms with Crippen molar-refractivity contribution in [3.63, 3.8) is 0 Å². The van der Waals surface area contributed by atoms with Gasteiger partial charge < -0.3 is 10.2 Å². The van der Waals surface area contributed by atoms with E-state index < -0.39 is 0 Å². The molecule has 0 bridgehead atoms. The summed E-state index contributed by atoms with van der Waals surface area (Å²) in [4.78, 5) is 26.2. The van der Waals surface area contributed by atoms with E-state index in [-0.39, 0.29) is 17.7 Å². The third-order valence-electron chi connectivity index (χ3n) is 3.49. The molecule has 1 saturated carbocycles. The molecule has 19 heavy (non-hydrogen) atoms. The van der Waals surface area contributed by atoms with Gasteiger partial charge in [-0.2, -0.15) is 0 Å². The predicted octanol–water partition coefficient (Wildman–Crippen LogP) is 2.89. The van der Waals surface area contributed by atoms with Gasteiger partial charge >= 0.3 is 0 Å². The van der Waals surface area contributed by atoms with Crippen LogP contribution in [-0.4, -0.2) is 30.8 Å². The van der Waals surface area contributed by atoms with Gasteiger partial charge in [-0.15, -0.1) is 11.3 Å². The van der Waals surface area contributed by atoms with Crippen molar-refractivity contribution in [1.29, 1.82) is 0 Å². The number of hydrogen-bond donors (Lipinski definition) is 1. The Morgan fingerprint density at radius 3 is 2.53 bits per heavy atom. The number of aryl methyl sites for hydroxylation is 1. The number of hydrogen-bond acceptors (Lipinski definition) is 3. The van der Waals surface area contributed by atoms with Crippen LogP contribution in [0.1, 0.15) is 40.9 Å². The van der Waals surface area contributed by atoms with Gasteiger partial charge in [0.2, 0.25) is 5.91 Å². The predicted molar refractivity (Wildman–Crippen MR) is 77.7 cm³/mol. The van der Waals surface area contributed by atoms with Gasteiger partial charge in [0, 0.05) is 20.0 Å². The van der Waals surface area contributed by atoms with Crippen LogP contribution in [0.15, 0.2) is 6.07 Å². The van der Waals surface area contributed by atoms with Crippen LogP contribution in [0.2, 0.25) is 0 Å². The Morgan fingerprint density at radius 2 is 1.95 bits per heavy atom. The van der Waals surface area contributed by atoms with Crippen molar-refractivity contribution in [2.45, 2.75) is 32.6 Å². The highest BCUT2D eigenvalue weighted by atomic mass is 32.1. The largest absolute Gasteiger partial charge is 0.344 e. The first-order chi connectivity index (χ1) is 8.99. The second-order valence-electron chi connectivity index (χ2n) is 5.29. The van der Waals surface area contributed by atoms with Crippen LogP contribution in [0.25, 0.3) is 0 Å². The van der Waals surface area contributed by atoms with Gasteiger partial charge in [0.1, 0.15) is 0 Å². The molecular formula is C14H20N2O2S. The van der Waals surface area contributed by atoms with Crippen molar-refractivity contribution < 1.29 is 9.59 Å². The van der Waals surface area contributed by atoms with E-state index in [9.17, 15) is 9.59 Å². The average molecular weight is 280 g/mol. The molecule has 0 spiro atoms. The lowest BCUT2D eigenvalue weighted by Gasteiger charge is -2.09. The minimum absolute atomic E-state index is 0.0103. The molecule has 1 aromatic rings. The number of amides is 2. The Kier molecular flexibility index (Phi) is 4.24. The maximum Gasteiger partial charge on any atom is 0.263 e. The minimum Gasteiger partial charge on any atom is -0.344 e. The minimum atomic E-state index is -0.0103. The van der Waals surface area contributed by atoms with Gasteiger partial charge in [0.25, 0.3) is 5.91 Å². The van der Waals surface area contributed by atoms with E-state index in [4.69, 9.17) is 0 Å². The summed E-state index contributed by atoms with van der Waals surface area (Å²) in [6, 6.07) is 1.88. The summed E-state index contributed by atoms with van der Waals surface area (Å²) in [6.07, 6.45) is 4.26. The first-order valence-corrected chi connectivity index (χ1v) is 7.43. The van der Waals surface area contributed by atoms with Crippen molar-refractivity contribution in [2.75, 3.05) is 19.4 Å². The van der Waals surface area contributed by atoms with Crippen molar-refractivity contribution >= 4 is 28.2 Å². The highest BCUT2D eigenvalue weighted by Crippen LogP contribution is 2.30. The molecule has 5 heteroatoms. The maximum atomic E-state index is 12.0. The zero-order chi connectivity index (χ0) is 14.0. The summed E-state index contributed by atoms with van der Waals surface area (Å²) in [7, 11) is 3.47. The van der Waals surface area contributed by atoms with Gasteiger partial charge in [-0.3, -0.25) is 9.59 Å². The number of carbonyl (C=O) groups excluding carboxylic acids is 2. The second-order valence-corrected chi connectivity index (χ2v) is 6.35. The topological polar surface area (TPSA) is 49.4 Å². The molecular weight excluding hydrogens is 260 g/mol. The molecule has 0 atom stereocenters. The van der Waals surface area contributed by atoms with E-state index in [1.165, 1.54) is 11.3 Å². The van der Waals surface area contributed by atoms with Crippen molar-refractivity contribution in [3.05, 3.63) is 16.5 Å². The lowest BCUT2D eigenvalue weighted by atomic mass is 10.1. The van der Waals surface area contributed by atoms with E-state index in [2.05, 4.69) is 5.32 Å². The molecule has 1 aliphatic rings. The highest BCUT2D eigenvalue weighted by molar-refractivity contribution is 7.18. The second kappa shape index (κ2) is 5.74. The van der Waals surface area contributed by atoms with Crippen LogP contribution >= 0.6 is 11.3 Å². The third kappa shape index (κ3) is 3.15. The smallest absolute Gasteiger partial charge is 0.263 e. The van der Waals surface area contributed by atoms with E-state index >= 15 is 0 Å². The van der Waals surface area contributed by atoms with E-state index in [0.717, 1.165) is 36.2 Å². The molecule has 0 aliphatic heterocycles. The fourth-order valence-corrected chi connectivity index (χ4v) is 3.47. The number of rotatable bonds is 3. The molecule has 1 aromatic heterocycles. The lowest BCUT2D eigenvalue weighted by molar-refractivity contribution is -0.119. The standard InChI is InChI=1S/C14H20N2O2S/c1-9-8-11(19-12(9)14(18)16(2)3)15-13(17)10-6-4-5-7-10/h8,10H,4-7H2,1-3H3,(H,15,17). The Labute approximate surface area is 117 Å². The summed E-state index contributed by atoms with van der Waals surface area (Å²) in [5.74, 6) is 0.238. The Bertz CT molecular complexity index is 488. The monoisotopic (exact) mass is 280 g/mol. The average Bonchev–Trinajstić information content (AvgIpc) is 2.97. The highest BCUT2D eigenvalue weighted by Gasteiger charge is 2.24. The molecule has 0 radical (unpaired) electrons. The first kappa shape index (κ1) is 14.1. The molecule has 2 amide bonds. The quantitative estimate of drug-likeness (QED) is 0.925.